The number of methoxy groups -OCH3 is 1. The molecule has 0 saturated carbocycles. The van der Waals surface area contributed by atoms with Crippen LogP contribution in [0.5, 0.6) is 11.5 Å². The summed E-state index contributed by atoms with van der Waals surface area (Å²) in [5.41, 5.74) is 3.02. The second-order valence-electron chi connectivity index (χ2n) is 8.56. The largest absolute Gasteiger partial charge is 0.494 e. The van der Waals surface area contributed by atoms with Crippen LogP contribution >= 0.6 is 0 Å². The predicted octanol–water partition coefficient (Wildman–Crippen LogP) is 5.14. The van der Waals surface area contributed by atoms with E-state index in [0.717, 1.165) is 10.9 Å². The summed E-state index contributed by atoms with van der Waals surface area (Å²) in [5.74, 6) is 1.88. The summed E-state index contributed by atoms with van der Waals surface area (Å²) in [4.78, 5) is 17.7. The van der Waals surface area contributed by atoms with Crippen LogP contribution in [0.1, 0.15) is 43.4 Å². The van der Waals surface area contributed by atoms with E-state index in [1.54, 1.807) is 14.0 Å². The van der Waals surface area contributed by atoms with Crippen LogP contribution in [0.3, 0.4) is 0 Å². The Hall–Kier alpha value is -4.38. The van der Waals surface area contributed by atoms with Crippen molar-refractivity contribution in [1.82, 2.24) is 14.8 Å². The molecule has 2 aromatic heterocycles. The average Bonchev–Trinajstić information content (AvgIpc) is 3.26. The fraction of sp³-hybridized carbons (Fsp3) is 0.259. The van der Waals surface area contributed by atoms with Gasteiger partial charge in [0.15, 0.2) is 17.7 Å². The number of hydrogen-bond donors (Lipinski definition) is 1. The minimum Gasteiger partial charge on any atom is -0.494 e. The number of para-hydroxylation sites is 1. The van der Waals surface area contributed by atoms with E-state index < -0.39 is 12.0 Å². The lowest BCUT2D eigenvalue weighted by molar-refractivity contribution is -0.122. The normalized spacial score (nSPS) is 11.8. The van der Waals surface area contributed by atoms with Gasteiger partial charge in [-0.25, -0.2) is 4.98 Å². The summed E-state index contributed by atoms with van der Waals surface area (Å²) in [7, 11) is 1.59. The molecule has 2 aromatic carbocycles. The number of carbonyl (C=O) groups is 1. The number of benzene rings is 2. The molecule has 0 aliphatic heterocycles. The number of amides is 1. The molecule has 8 nitrogen and oxygen atoms in total. The van der Waals surface area contributed by atoms with Crippen molar-refractivity contribution in [3.8, 4) is 23.4 Å². The van der Waals surface area contributed by atoms with Gasteiger partial charge in [-0.3, -0.25) is 4.79 Å². The maximum absolute atomic E-state index is 13.0. The highest BCUT2D eigenvalue weighted by Crippen LogP contribution is 2.29. The number of ether oxygens (including phenoxy) is 2. The van der Waals surface area contributed by atoms with Crippen molar-refractivity contribution in [2.24, 2.45) is 0 Å². The van der Waals surface area contributed by atoms with Crippen LogP contribution in [0.15, 0.2) is 54.7 Å². The van der Waals surface area contributed by atoms with Crippen molar-refractivity contribution in [2.45, 2.75) is 39.7 Å². The predicted molar refractivity (Wildman–Crippen MR) is 134 cm³/mol. The van der Waals surface area contributed by atoms with E-state index in [4.69, 9.17) is 14.5 Å². The fourth-order valence-corrected chi connectivity index (χ4v) is 3.78. The molecule has 0 radical (unpaired) electrons. The number of hydrogen-bond acceptors (Lipinski definition) is 6. The van der Waals surface area contributed by atoms with Gasteiger partial charge < -0.3 is 14.8 Å². The van der Waals surface area contributed by atoms with Gasteiger partial charge >= 0.3 is 0 Å². The zero-order valence-electron chi connectivity index (χ0n) is 20.4. The number of aromatic nitrogens is 3. The van der Waals surface area contributed by atoms with Gasteiger partial charge in [0.25, 0.3) is 5.91 Å². The third-order valence-corrected chi connectivity index (χ3v) is 5.79. The standard InChI is InChI=1S/C27H27N5O3/c1-16(2)19-9-11-21(12-10-19)35-18(4)27(33)31-26-20(14-28)15-29-32(26)24-13-17(3)22-7-6-8-23(34-5)25(22)30-24/h6-13,15-16,18H,1-5H3,(H,31,33). The number of pyridine rings is 1. The van der Waals surface area contributed by atoms with Crippen molar-refractivity contribution in [3.05, 3.63) is 71.4 Å². The Morgan fingerprint density at radius 2 is 1.89 bits per heavy atom. The Labute approximate surface area is 204 Å². The van der Waals surface area contributed by atoms with Gasteiger partial charge in [-0.2, -0.15) is 15.0 Å². The number of fused-ring (bicyclic) bond motifs is 1. The maximum atomic E-state index is 13.0. The molecule has 4 aromatic rings. The second-order valence-corrected chi connectivity index (χ2v) is 8.56. The van der Waals surface area contributed by atoms with Crippen LogP contribution in [0.2, 0.25) is 0 Å². The van der Waals surface area contributed by atoms with Gasteiger partial charge in [-0.15, -0.1) is 0 Å². The van der Waals surface area contributed by atoms with Crippen molar-refractivity contribution in [3.63, 3.8) is 0 Å². The molecule has 0 aliphatic rings. The van der Waals surface area contributed by atoms with Gasteiger partial charge in [0.05, 0.1) is 13.3 Å². The van der Waals surface area contributed by atoms with Crippen molar-refractivity contribution < 1.29 is 14.3 Å². The molecule has 8 heteroatoms. The zero-order valence-corrected chi connectivity index (χ0v) is 20.4. The molecule has 178 valence electrons. The summed E-state index contributed by atoms with van der Waals surface area (Å²) in [6.45, 7) is 7.84. The molecule has 1 atom stereocenters. The lowest BCUT2D eigenvalue weighted by Gasteiger charge is -2.16. The fourth-order valence-electron chi connectivity index (χ4n) is 3.78. The lowest BCUT2D eigenvalue weighted by atomic mass is 10.0. The second kappa shape index (κ2) is 9.85. The molecule has 2 heterocycles. The quantitative estimate of drug-likeness (QED) is 0.402. The molecule has 0 saturated heterocycles. The number of rotatable bonds is 7. The Bertz CT molecular complexity index is 1420. The third kappa shape index (κ3) is 4.80. The van der Waals surface area contributed by atoms with E-state index in [1.807, 2.05) is 55.5 Å². The Morgan fingerprint density at radius 3 is 2.54 bits per heavy atom. The van der Waals surface area contributed by atoms with E-state index in [1.165, 1.54) is 16.4 Å². The molecule has 0 aliphatic carbocycles. The summed E-state index contributed by atoms with van der Waals surface area (Å²) < 4.78 is 12.7. The topological polar surface area (TPSA) is 102 Å². The summed E-state index contributed by atoms with van der Waals surface area (Å²) in [6.07, 6.45) is 0.594. The molecular weight excluding hydrogens is 442 g/mol. The van der Waals surface area contributed by atoms with Crippen LogP contribution in [-0.4, -0.2) is 33.9 Å². The van der Waals surface area contributed by atoms with Crippen molar-refractivity contribution in [1.29, 1.82) is 5.26 Å². The smallest absolute Gasteiger partial charge is 0.266 e. The first-order valence-electron chi connectivity index (χ1n) is 11.3. The molecule has 0 bridgehead atoms. The Balaban J connectivity index is 1.63. The van der Waals surface area contributed by atoms with Gasteiger partial charge in [-0.05, 0) is 55.2 Å². The first-order valence-corrected chi connectivity index (χ1v) is 11.3. The Kier molecular flexibility index (Phi) is 6.69. The molecule has 1 N–H and O–H groups in total. The van der Waals surface area contributed by atoms with E-state index in [2.05, 4.69) is 30.3 Å². The van der Waals surface area contributed by atoms with Gasteiger partial charge in [0, 0.05) is 5.39 Å². The van der Waals surface area contributed by atoms with Crippen LogP contribution < -0.4 is 14.8 Å². The van der Waals surface area contributed by atoms with Crippen LogP contribution in [0, 0.1) is 18.3 Å². The maximum Gasteiger partial charge on any atom is 0.266 e. The molecule has 4 rings (SSSR count). The molecule has 35 heavy (non-hydrogen) atoms. The van der Waals surface area contributed by atoms with E-state index in [0.29, 0.717) is 28.8 Å². The van der Waals surface area contributed by atoms with E-state index in [-0.39, 0.29) is 11.4 Å². The monoisotopic (exact) mass is 469 g/mol. The molecule has 0 fully saturated rings. The number of nitriles is 1. The highest BCUT2D eigenvalue weighted by Gasteiger charge is 2.22. The molecular formula is C27H27N5O3. The number of aryl methyl sites for hydroxylation is 1. The van der Waals surface area contributed by atoms with Crippen LogP contribution in [0.25, 0.3) is 16.7 Å². The van der Waals surface area contributed by atoms with E-state index >= 15 is 0 Å². The van der Waals surface area contributed by atoms with Crippen LogP contribution in [-0.2, 0) is 4.79 Å². The average molecular weight is 470 g/mol. The highest BCUT2D eigenvalue weighted by atomic mass is 16.5. The number of nitrogens with zero attached hydrogens (tertiary/aromatic N) is 4. The highest BCUT2D eigenvalue weighted by molar-refractivity contribution is 5.95. The zero-order chi connectivity index (χ0) is 25.1. The minimum atomic E-state index is -0.804. The van der Waals surface area contributed by atoms with E-state index in [9.17, 15) is 10.1 Å². The van der Waals surface area contributed by atoms with Crippen LogP contribution in [0.4, 0.5) is 5.82 Å². The number of carbonyl (C=O) groups excluding carboxylic acids is 1. The SMILES string of the molecule is COc1cccc2c(C)cc(-n3ncc(C#N)c3NC(=O)C(C)Oc3ccc(C(C)C)cc3)nc12. The molecule has 0 spiro atoms. The first-order chi connectivity index (χ1) is 16.8. The third-order valence-electron chi connectivity index (χ3n) is 5.79. The Morgan fingerprint density at radius 1 is 1.14 bits per heavy atom. The molecule has 1 unspecified atom stereocenters. The molecule has 1 amide bonds. The summed E-state index contributed by atoms with van der Waals surface area (Å²) in [6, 6.07) is 17.3. The van der Waals surface area contributed by atoms with Crippen molar-refractivity contribution >= 4 is 22.6 Å². The van der Waals surface area contributed by atoms with Crippen molar-refractivity contribution in [2.75, 3.05) is 12.4 Å². The number of nitrogens with one attached hydrogen (secondary N) is 1. The van der Waals surface area contributed by atoms with Gasteiger partial charge in [-0.1, -0.05) is 38.1 Å². The summed E-state index contributed by atoms with van der Waals surface area (Å²) >= 11 is 0. The minimum absolute atomic E-state index is 0.214. The lowest BCUT2D eigenvalue weighted by Crippen LogP contribution is -2.31. The van der Waals surface area contributed by atoms with Gasteiger partial charge in [0.1, 0.15) is 28.6 Å². The number of anilines is 1. The summed E-state index contributed by atoms with van der Waals surface area (Å²) in [5, 5.41) is 17.7. The van der Waals surface area contributed by atoms with Gasteiger partial charge in [0.2, 0.25) is 0 Å². The first kappa shape index (κ1) is 23.8.